The first-order valence-electron chi connectivity index (χ1n) is 3.90. The molecule has 68 valence electrons. The third-order valence-corrected chi connectivity index (χ3v) is 1.69. The van der Waals surface area contributed by atoms with Crippen LogP contribution >= 0.6 is 0 Å². The van der Waals surface area contributed by atoms with Crippen molar-refractivity contribution in [3.63, 3.8) is 0 Å². The van der Waals surface area contributed by atoms with Crippen molar-refractivity contribution in [3.05, 3.63) is 35.9 Å². The molecule has 0 heterocycles. The molecule has 13 heavy (non-hydrogen) atoms. The minimum absolute atomic E-state index is 0.352. The molecular formula is C10H10O3. The fraction of sp³-hybridized carbons (Fsp3) is 0.200. The van der Waals surface area contributed by atoms with Gasteiger partial charge in [-0.2, -0.15) is 0 Å². The Morgan fingerprint density at radius 1 is 1.23 bits per heavy atom. The summed E-state index contributed by atoms with van der Waals surface area (Å²) in [4.78, 5) is 22.0. The van der Waals surface area contributed by atoms with Crippen LogP contribution in [0.1, 0.15) is 17.3 Å². The minimum atomic E-state index is -1.53. The third kappa shape index (κ3) is 2.23. The van der Waals surface area contributed by atoms with E-state index in [-0.39, 0.29) is 0 Å². The highest BCUT2D eigenvalue weighted by Crippen LogP contribution is 2.03. The summed E-state index contributed by atoms with van der Waals surface area (Å²) in [5.41, 5.74) is 0.352. The van der Waals surface area contributed by atoms with Crippen LogP contribution in [0.15, 0.2) is 30.3 Å². The lowest BCUT2D eigenvalue weighted by Crippen LogP contribution is -2.27. The molecule has 1 atom stereocenters. The number of aliphatic hydroxyl groups excluding tert-OH is 1. The molecule has 0 saturated heterocycles. The van der Waals surface area contributed by atoms with Gasteiger partial charge < -0.3 is 5.11 Å². The van der Waals surface area contributed by atoms with E-state index in [2.05, 4.69) is 0 Å². The van der Waals surface area contributed by atoms with E-state index < -0.39 is 17.7 Å². The van der Waals surface area contributed by atoms with Gasteiger partial charge >= 0.3 is 0 Å². The lowest BCUT2D eigenvalue weighted by molar-refractivity contribution is -0.122. The molecule has 1 N–H and O–H groups in total. The maximum absolute atomic E-state index is 11.3. The molecule has 0 aliphatic carbocycles. The Morgan fingerprint density at radius 3 is 2.23 bits per heavy atom. The topological polar surface area (TPSA) is 54.4 Å². The second-order valence-electron chi connectivity index (χ2n) is 2.74. The van der Waals surface area contributed by atoms with Gasteiger partial charge in [0.2, 0.25) is 0 Å². The molecule has 0 saturated carbocycles. The van der Waals surface area contributed by atoms with Crippen LogP contribution in [0, 0.1) is 0 Å². The first-order chi connectivity index (χ1) is 6.13. The molecule has 1 aromatic carbocycles. The second kappa shape index (κ2) is 3.96. The molecular weight excluding hydrogens is 168 g/mol. The number of hydrogen-bond acceptors (Lipinski definition) is 3. The van der Waals surface area contributed by atoms with Gasteiger partial charge in [-0.15, -0.1) is 0 Å². The fourth-order valence-corrected chi connectivity index (χ4v) is 0.945. The number of Topliss-reactive ketones (excluding diaryl/α,β-unsaturated/α-hetero) is 2. The number of ketones is 2. The van der Waals surface area contributed by atoms with Crippen LogP contribution < -0.4 is 0 Å². The van der Waals surface area contributed by atoms with E-state index in [4.69, 9.17) is 5.11 Å². The van der Waals surface area contributed by atoms with Gasteiger partial charge in [0.05, 0.1) is 0 Å². The predicted octanol–water partition coefficient (Wildman–Crippen LogP) is 0.819. The Balaban J connectivity index is 2.86. The Morgan fingerprint density at radius 2 is 1.77 bits per heavy atom. The SMILES string of the molecule is CC(=O)C(O)C(=O)c1ccccc1. The summed E-state index contributed by atoms with van der Waals surface area (Å²) in [6, 6.07) is 8.25. The van der Waals surface area contributed by atoms with Crippen LogP contribution in [0.3, 0.4) is 0 Å². The number of benzene rings is 1. The summed E-state index contributed by atoms with van der Waals surface area (Å²) in [5.74, 6) is -1.08. The zero-order chi connectivity index (χ0) is 9.84. The standard InChI is InChI=1S/C10H10O3/c1-7(11)9(12)10(13)8-5-3-2-4-6-8/h2-6,9,12H,1H3. The van der Waals surface area contributed by atoms with Crippen molar-refractivity contribution >= 4 is 11.6 Å². The van der Waals surface area contributed by atoms with E-state index in [1.807, 2.05) is 0 Å². The van der Waals surface area contributed by atoms with Crippen LogP contribution in [-0.4, -0.2) is 22.8 Å². The third-order valence-electron chi connectivity index (χ3n) is 1.69. The molecule has 0 aliphatic rings. The van der Waals surface area contributed by atoms with Crippen LogP contribution in [0.4, 0.5) is 0 Å². The second-order valence-corrected chi connectivity index (χ2v) is 2.74. The molecule has 3 nitrogen and oxygen atoms in total. The van der Waals surface area contributed by atoms with Gasteiger partial charge in [-0.05, 0) is 6.92 Å². The lowest BCUT2D eigenvalue weighted by Gasteiger charge is -2.04. The van der Waals surface area contributed by atoms with Gasteiger partial charge in [0.15, 0.2) is 17.7 Å². The van der Waals surface area contributed by atoms with E-state index in [0.717, 1.165) is 0 Å². The van der Waals surface area contributed by atoms with Crippen molar-refractivity contribution in [2.75, 3.05) is 0 Å². The Kier molecular flexibility index (Phi) is 2.93. The van der Waals surface area contributed by atoms with Crippen LogP contribution in [-0.2, 0) is 4.79 Å². The van der Waals surface area contributed by atoms with E-state index >= 15 is 0 Å². The molecule has 0 radical (unpaired) electrons. The Labute approximate surface area is 76.0 Å². The van der Waals surface area contributed by atoms with Crippen molar-refractivity contribution in [2.24, 2.45) is 0 Å². The van der Waals surface area contributed by atoms with Gasteiger partial charge in [0.1, 0.15) is 0 Å². The minimum Gasteiger partial charge on any atom is -0.377 e. The van der Waals surface area contributed by atoms with E-state index in [0.29, 0.717) is 5.56 Å². The summed E-state index contributed by atoms with van der Waals surface area (Å²) < 4.78 is 0. The van der Waals surface area contributed by atoms with Gasteiger partial charge in [-0.3, -0.25) is 9.59 Å². The molecule has 0 spiro atoms. The van der Waals surface area contributed by atoms with Crippen molar-refractivity contribution in [1.29, 1.82) is 0 Å². The molecule has 0 aliphatic heterocycles. The molecule has 0 fully saturated rings. The van der Waals surface area contributed by atoms with E-state index in [9.17, 15) is 9.59 Å². The Hall–Kier alpha value is -1.48. The quantitative estimate of drug-likeness (QED) is 0.550. The zero-order valence-electron chi connectivity index (χ0n) is 7.23. The molecule has 1 unspecified atom stereocenters. The first-order valence-corrected chi connectivity index (χ1v) is 3.90. The van der Waals surface area contributed by atoms with Crippen LogP contribution in [0.2, 0.25) is 0 Å². The number of carbonyl (C=O) groups excluding carboxylic acids is 2. The van der Waals surface area contributed by atoms with Crippen molar-refractivity contribution in [2.45, 2.75) is 13.0 Å². The number of aliphatic hydroxyl groups is 1. The maximum atomic E-state index is 11.3. The molecule has 0 bridgehead atoms. The van der Waals surface area contributed by atoms with E-state index in [1.54, 1.807) is 30.3 Å². The molecule has 0 amide bonds. The zero-order valence-corrected chi connectivity index (χ0v) is 7.23. The van der Waals surface area contributed by atoms with Crippen molar-refractivity contribution in [3.8, 4) is 0 Å². The monoisotopic (exact) mass is 178 g/mol. The maximum Gasteiger partial charge on any atom is 0.198 e. The summed E-state index contributed by atoms with van der Waals surface area (Å²) >= 11 is 0. The Bertz CT molecular complexity index is 316. The van der Waals surface area contributed by atoms with Gasteiger partial charge in [0.25, 0.3) is 0 Å². The smallest absolute Gasteiger partial charge is 0.198 e. The number of carbonyl (C=O) groups is 2. The normalized spacial score (nSPS) is 12.2. The van der Waals surface area contributed by atoms with Crippen LogP contribution in [0.5, 0.6) is 0 Å². The van der Waals surface area contributed by atoms with Gasteiger partial charge in [-0.1, -0.05) is 30.3 Å². The highest BCUT2D eigenvalue weighted by atomic mass is 16.3. The average Bonchev–Trinajstić information content (AvgIpc) is 2.17. The first kappa shape index (κ1) is 9.61. The summed E-state index contributed by atoms with van der Waals surface area (Å²) in [5, 5.41) is 9.15. The average molecular weight is 178 g/mol. The van der Waals surface area contributed by atoms with Crippen molar-refractivity contribution in [1.82, 2.24) is 0 Å². The number of hydrogen-bond donors (Lipinski definition) is 1. The molecule has 0 aromatic heterocycles. The molecule has 1 aromatic rings. The lowest BCUT2D eigenvalue weighted by atomic mass is 10.0. The van der Waals surface area contributed by atoms with Crippen LogP contribution in [0.25, 0.3) is 0 Å². The van der Waals surface area contributed by atoms with Crippen molar-refractivity contribution < 1.29 is 14.7 Å². The van der Waals surface area contributed by atoms with Gasteiger partial charge in [-0.25, -0.2) is 0 Å². The van der Waals surface area contributed by atoms with E-state index in [1.165, 1.54) is 6.92 Å². The summed E-state index contributed by atoms with van der Waals surface area (Å²) in [6.07, 6.45) is -1.53. The largest absolute Gasteiger partial charge is 0.377 e. The predicted molar refractivity (Wildman–Crippen MR) is 47.5 cm³/mol. The summed E-state index contributed by atoms with van der Waals surface area (Å²) in [7, 11) is 0. The summed E-state index contributed by atoms with van der Waals surface area (Å²) in [6.45, 7) is 1.19. The number of rotatable bonds is 3. The highest BCUT2D eigenvalue weighted by molar-refractivity contribution is 6.12. The molecule has 1 rings (SSSR count). The highest BCUT2D eigenvalue weighted by Gasteiger charge is 2.20. The molecule has 3 heteroatoms. The van der Waals surface area contributed by atoms with Gasteiger partial charge in [0, 0.05) is 5.56 Å². The fourth-order valence-electron chi connectivity index (χ4n) is 0.945.